The molecule has 1 fully saturated rings. The Bertz CT molecular complexity index is 1050. The summed E-state index contributed by atoms with van der Waals surface area (Å²) in [4.78, 5) is 29.3. The van der Waals surface area contributed by atoms with Gasteiger partial charge in [0.2, 0.25) is 5.89 Å². The van der Waals surface area contributed by atoms with Crippen LogP contribution in [-0.2, 0) is 18.6 Å². The summed E-state index contributed by atoms with van der Waals surface area (Å²) in [5, 5.41) is 3.98. The molecule has 148 valence electrons. The lowest BCUT2D eigenvalue weighted by Gasteiger charge is -2.17. The third-order valence-corrected chi connectivity index (χ3v) is 5.04. The van der Waals surface area contributed by atoms with E-state index in [1.807, 2.05) is 30.3 Å². The maximum Gasteiger partial charge on any atom is 0.331 e. The van der Waals surface area contributed by atoms with Gasteiger partial charge in [0, 0.05) is 12.3 Å². The molecule has 28 heavy (non-hydrogen) atoms. The Kier molecular flexibility index (Phi) is 5.81. The number of aromatic nitrogens is 4. The molecule has 0 spiro atoms. The van der Waals surface area contributed by atoms with E-state index >= 15 is 0 Å². The smallest absolute Gasteiger partial charge is 0.331 e. The second kappa shape index (κ2) is 8.12. The minimum atomic E-state index is -0.573. The average molecular weight is 404 g/mol. The number of hydrogen-bond donors (Lipinski definition) is 1. The van der Waals surface area contributed by atoms with Gasteiger partial charge in [0.05, 0.1) is 12.1 Å². The van der Waals surface area contributed by atoms with E-state index in [9.17, 15) is 9.59 Å². The first-order valence-corrected chi connectivity index (χ1v) is 9.01. The van der Waals surface area contributed by atoms with E-state index < -0.39 is 16.8 Å². The Labute approximate surface area is 167 Å². The van der Waals surface area contributed by atoms with Crippen molar-refractivity contribution in [3.05, 3.63) is 80.7 Å². The molecule has 2 aromatic heterocycles. The number of hydrogen-bond acceptors (Lipinski definition) is 6. The van der Waals surface area contributed by atoms with E-state index in [1.54, 1.807) is 0 Å². The maximum atomic E-state index is 12.7. The summed E-state index contributed by atoms with van der Waals surface area (Å²) in [6.07, 6.45) is 5.18. The van der Waals surface area contributed by atoms with Crippen LogP contribution < -0.4 is 17.0 Å². The lowest BCUT2D eigenvalue weighted by atomic mass is 9.99. The molecular weight excluding hydrogens is 382 g/mol. The highest BCUT2D eigenvalue weighted by atomic mass is 35.5. The van der Waals surface area contributed by atoms with Crippen LogP contribution in [0.1, 0.15) is 43.0 Å². The highest BCUT2D eigenvalue weighted by molar-refractivity contribution is 5.85. The fourth-order valence-corrected chi connectivity index (χ4v) is 3.49. The van der Waals surface area contributed by atoms with Gasteiger partial charge in [-0.1, -0.05) is 48.3 Å². The van der Waals surface area contributed by atoms with Gasteiger partial charge in [0.1, 0.15) is 6.54 Å². The highest BCUT2D eigenvalue weighted by Crippen LogP contribution is 2.34. The van der Waals surface area contributed by atoms with Crippen molar-refractivity contribution < 1.29 is 4.52 Å². The third kappa shape index (κ3) is 3.93. The summed E-state index contributed by atoms with van der Waals surface area (Å²) in [5.41, 5.74) is 5.90. The first-order valence-electron chi connectivity index (χ1n) is 9.01. The predicted octanol–water partition coefficient (Wildman–Crippen LogP) is 1.64. The quantitative estimate of drug-likeness (QED) is 0.693. The lowest BCUT2D eigenvalue weighted by molar-refractivity contribution is 0.341. The summed E-state index contributed by atoms with van der Waals surface area (Å²) in [7, 11) is 0. The number of rotatable bonds is 5. The van der Waals surface area contributed by atoms with Crippen molar-refractivity contribution in [2.75, 3.05) is 0 Å². The van der Waals surface area contributed by atoms with E-state index in [2.05, 4.69) is 10.1 Å². The monoisotopic (exact) mass is 403 g/mol. The second-order valence-corrected chi connectivity index (χ2v) is 7.01. The van der Waals surface area contributed by atoms with Crippen LogP contribution in [0, 0.1) is 0 Å². The third-order valence-electron chi connectivity index (χ3n) is 5.04. The van der Waals surface area contributed by atoms with Gasteiger partial charge < -0.3 is 10.3 Å². The zero-order chi connectivity index (χ0) is 18.9. The van der Waals surface area contributed by atoms with Gasteiger partial charge in [0.15, 0.2) is 5.82 Å². The number of benzene rings is 1. The molecule has 0 radical (unpaired) electrons. The van der Waals surface area contributed by atoms with Crippen LogP contribution in [0.4, 0.5) is 0 Å². The van der Waals surface area contributed by atoms with Crippen LogP contribution in [-0.4, -0.2) is 19.3 Å². The van der Waals surface area contributed by atoms with Gasteiger partial charge in [-0.15, -0.1) is 12.4 Å². The normalized spacial score (nSPS) is 15.3. The molecule has 9 heteroatoms. The Morgan fingerprint density at radius 2 is 1.79 bits per heavy atom. The molecule has 0 aliphatic heterocycles. The predicted molar refractivity (Wildman–Crippen MR) is 105 cm³/mol. The minimum Gasteiger partial charge on any atom is -0.337 e. The fourth-order valence-electron chi connectivity index (χ4n) is 3.49. The Morgan fingerprint density at radius 3 is 2.50 bits per heavy atom. The van der Waals surface area contributed by atoms with Crippen LogP contribution in [0.15, 0.2) is 56.7 Å². The van der Waals surface area contributed by atoms with Crippen LogP contribution >= 0.6 is 12.4 Å². The molecule has 1 saturated carbocycles. The van der Waals surface area contributed by atoms with E-state index in [0.717, 1.165) is 35.8 Å². The van der Waals surface area contributed by atoms with Gasteiger partial charge >= 0.3 is 5.69 Å². The average Bonchev–Trinajstić information content (AvgIpc) is 3.32. The van der Waals surface area contributed by atoms with Crippen LogP contribution in [0.25, 0.3) is 0 Å². The molecule has 4 rings (SSSR count). The van der Waals surface area contributed by atoms with Gasteiger partial charge in [-0.05, 0) is 18.4 Å². The van der Waals surface area contributed by atoms with Gasteiger partial charge in [0.25, 0.3) is 5.56 Å². The molecule has 0 bridgehead atoms. The molecule has 0 unspecified atom stereocenters. The second-order valence-electron chi connectivity index (χ2n) is 7.01. The first-order chi connectivity index (χ1) is 13.0. The van der Waals surface area contributed by atoms with Crippen LogP contribution in [0.2, 0.25) is 0 Å². The van der Waals surface area contributed by atoms with E-state index in [1.165, 1.54) is 16.8 Å². The molecule has 3 aromatic rings. The molecular formula is C19H22ClN5O3. The van der Waals surface area contributed by atoms with Crippen molar-refractivity contribution >= 4 is 12.4 Å². The molecule has 2 heterocycles. The Morgan fingerprint density at radius 1 is 1.07 bits per heavy atom. The lowest BCUT2D eigenvalue weighted by Crippen LogP contribution is -2.39. The standard InChI is InChI=1S/C19H21N5O3.ClH/c20-19(9-4-5-10-19)17-21-15(27-22-17)13-24-16(25)8-11-23(18(24)26)12-14-6-2-1-3-7-14;/h1-3,6-8,11H,4-5,9-10,12-13,20H2;1H. The van der Waals surface area contributed by atoms with Gasteiger partial charge in [-0.25, -0.2) is 4.79 Å². The van der Waals surface area contributed by atoms with E-state index in [0.29, 0.717) is 12.4 Å². The van der Waals surface area contributed by atoms with Crippen molar-refractivity contribution in [3.8, 4) is 0 Å². The summed E-state index contributed by atoms with van der Waals surface area (Å²) < 4.78 is 7.84. The molecule has 2 N–H and O–H groups in total. The summed E-state index contributed by atoms with van der Waals surface area (Å²) in [5.74, 6) is 0.655. The van der Waals surface area contributed by atoms with E-state index in [-0.39, 0.29) is 24.8 Å². The number of halogens is 1. The SMILES string of the molecule is Cl.NC1(c2noc(Cn3c(=O)ccn(Cc4ccccc4)c3=O)n2)CCCC1. The van der Waals surface area contributed by atoms with Crippen LogP contribution in [0.3, 0.4) is 0 Å². The molecule has 1 aliphatic carbocycles. The van der Waals surface area contributed by atoms with E-state index in [4.69, 9.17) is 10.3 Å². The molecule has 0 amide bonds. The molecule has 1 aromatic carbocycles. The summed E-state index contributed by atoms with van der Waals surface area (Å²) in [6, 6.07) is 10.9. The van der Waals surface area contributed by atoms with Crippen molar-refractivity contribution in [3.63, 3.8) is 0 Å². The topological polar surface area (TPSA) is 109 Å². The fraction of sp³-hybridized carbons (Fsp3) is 0.368. The number of nitrogens with zero attached hydrogens (tertiary/aromatic N) is 4. The molecule has 0 saturated heterocycles. The summed E-state index contributed by atoms with van der Waals surface area (Å²) in [6.45, 7) is 0.303. The van der Waals surface area contributed by atoms with Crippen molar-refractivity contribution in [2.24, 2.45) is 5.73 Å². The zero-order valence-corrected chi connectivity index (χ0v) is 16.1. The largest absolute Gasteiger partial charge is 0.337 e. The van der Waals surface area contributed by atoms with Crippen LogP contribution in [0.5, 0.6) is 0 Å². The number of nitrogens with two attached hydrogens (primary N) is 1. The summed E-state index contributed by atoms with van der Waals surface area (Å²) >= 11 is 0. The van der Waals surface area contributed by atoms with Crippen molar-refractivity contribution in [1.82, 2.24) is 19.3 Å². The maximum absolute atomic E-state index is 12.7. The van der Waals surface area contributed by atoms with Crippen molar-refractivity contribution in [1.29, 1.82) is 0 Å². The van der Waals surface area contributed by atoms with Gasteiger partial charge in [-0.3, -0.25) is 13.9 Å². The Hall–Kier alpha value is -2.71. The zero-order valence-electron chi connectivity index (χ0n) is 15.3. The first kappa shape index (κ1) is 20.0. The van der Waals surface area contributed by atoms with Gasteiger partial charge in [-0.2, -0.15) is 4.98 Å². The highest BCUT2D eigenvalue weighted by Gasteiger charge is 2.36. The molecule has 8 nitrogen and oxygen atoms in total. The molecule has 1 aliphatic rings. The molecule has 0 atom stereocenters. The Balaban J connectivity index is 0.00000225. The van der Waals surface area contributed by atoms with Crippen molar-refractivity contribution in [2.45, 2.75) is 44.3 Å². The minimum absolute atomic E-state index is 0.